The summed E-state index contributed by atoms with van der Waals surface area (Å²) in [5.41, 5.74) is 3.28. The van der Waals surface area contributed by atoms with Crippen molar-refractivity contribution in [1.29, 1.82) is 0 Å². The summed E-state index contributed by atoms with van der Waals surface area (Å²) in [5, 5.41) is 4.35. The van der Waals surface area contributed by atoms with Gasteiger partial charge in [0.15, 0.2) is 0 Å². The smallest absolute Gasteiger partial charge is 0.137 e. The molecule has 0 fully saturated rings. The summed E-state index contributed by atoms with van der Waals surface area (Å²) in [6.45, 7) is 6.18. The minimum atomic E-state index is 0.217. The number of fused-ring (bicyclic) bond motifs is 1. The number of ether oxygens (including phenoxy) is 1. The van der Waals surface area contributed by atoms with Crippen LogP contribution in [0.15, 0.2) is 47.0 Å². The van der Waals surface area contributed by atoms with Crippen molar-refractivity contribution >= 4 is 17.3 Å². The number of aromatic nitrogens is 1. The minimum Gasteiger partial charge on any atom is -0.492 e. The second-order valence-corrected chi connectivity index (χ2v) is 6.19. The number of nitrogens with zero attached hydrogens (tertiary/aromatic N) is 1. The molecule has 0 spiro atoms. The summed E-state index contributed by atoms with van der Waals surface area (Å²) >= 11 is 0. The van der Waals surface area contributed by atoms with Crippen LogP contribution in [-0.2, 0) is 17.6 Å². The fourth-order valence-corrected chi connectivity index (χ4v) is 2.69. The highest BCUT2D eigenvalue weighted by atomic mass is 16.5. The molecule has 5 heteroatoms. The van der Waals surface area contributed by atoms with Gasteiger partial charge in [-0.2, -0.15) is 0 Å². The maximum absolute atomic E-state index is 8.81. The first-order valence-corrected chi connectivity index (χ1v) is 9.28. The first-order valence-electron chi connectivity index (χ1n) is 9.28. The third-order valence-corrected chi connectivity index (χ3v) is 4.24. The van der Waals surface area contributed by atoms with E-state index >= 15 is 0 Å². The Labute approximate surface area is 160 Å². The zero-order valence-electron chi connectivity index (χ0n) is 16.5. The van der Waals surface area contributed by atoms with Crippen LogP contribution in [-0.4, -0.2) is 24.9 Å². The molecule has 0 bridgehead atoms. The molecule has 3 rings (SSSR count). The van der Waals surface area contributed by atoms with Crippen LogP contribution in [0.3, 0.4) is 0 Å². The van der Waals surface area contributed by atoms with Crippen molar-refractivity contribution in [3.8, 4) is 5.75 Å². The van der Waals surface area contributed by atoms with Crippen LogP contribution in [0.4, 0.5) is 0 Å². The summed E-state index contributed by atoms with van der Waals surface area (Å²) in [6.07, 6.45) is 4.38. The molecule has 2 aromatic heterocycles. The number of aldehydes is 1. The molecular formula is C22H28N2O3. The van der Waals surface area contributed by atoms with E-state index in [4.69, 9.17) is 13.9 Å². The zero-order chi connectivity index (χ0) is 19.6. The van der Waals surface area contributed by atoms with E-state index in [9.17, 15) is 0 Å². The molecule has 0 amide bonds. The zero-order valence-corrected chi connectivity index (χ0v) is 16.5. The van der Waals surface area contributed by atoms with Crippen molar-refractivity contribution in [2.24, 2.45) is 0 Å². The van der Waals surface area contributed by atoms with Gasteiger partial charge in [0.25, 0.3) is 0 Å². The Morgan fingerprint density at radius 2 is 2.00 bits per heavy atom. The van der Waals surface area contributed by atoms with E-state index in [1.807, 2.05) is 26.1 Å². The lowest BCUT2D eigenvalue weighted by molar-refractivity contribution is -0.106. The van der Waals surface area contributed by atoms with Gasteiger partial charge >= 0.3 is 0 Å². The van der Waals surface area contributed by atoms with Gasteiger partial charge in [-0.25, -0.2) is 0 Å². The van der Waals surface area contributed by atoms with Gasteiger partial charge in [-0.1, -0.05) is 12.1 Å². The van der Waals surface area contributed by atoms with Crippen molar-refractivity contribution in [2.45, 2.75) is 39.7 Å². The predicted molar refractivity (Wildman–Crippen MR) is 108 cm³/mol. The molecule has 0 aliphatic rings. The second-order valence-electron chi connectivity index (χ2n) is 6.19. The molecule has 1 atom stereocenters. The number of aryl methyl sites for hydroxylation is 2. The number of pyridine rings is 1. The number of furan rings is 1. The van der Waals surface area contributed by atoms with Crippen LogP contribution in [0.25, 0.3) is 11.0 Å². The molecule has 144 valence electrons. The average molecular weight is 368 g/mol. The molecule has 0 aliphatic carbocycles. The molecule has 0 saturated heterocycles. The van der Waals surface area contributed by atoms with E-state index < -0.39 is 0 Å². The molecular weight excluding hydrogens is 340 g/mol. The SMILES string of the molecule is CC=O.CCOc1ccc(CCc2ccc3cc(C(C)NC)oc3c2)nc1. The number of carbonyl (C=O) groups excluding carboxylic acids is 1. The van der Waals surface area contributed by atoms with E-state index in [0.717, 1.165) is 47.3 Å². The highest BCUT2D eigenvalue weighted by molar-refractivity contribution is 5.78. The highest BCUT2D eigenvalue weighted by Gasteiger charge is 2.10. The van der Waals surface area contributed by atoms with Crippen molar-refractivity contribution < 1.29 is 13.9 Å². The Bertz CT molecular complexity index is 840. The van der Waals surface area contributed by atoms with Gasteiger partial charge in [0.2, 0.25) is 0 Å². The van der Waals surface area contributed by atoms with Gasteiger partial charge in [-0.3, -0.25) is 4.98 Å². The van der Waals surface area contributed by atoms with Crippen LogP contribution >= 0.6 is 0 Å². The summed E-state index contributed by atoms with van der Waals surface area (Å²) in [7, 11) is 1.94. The first kappa shape index (κ1) is 20.6. The van der Waals surface area contributed by atoms with Gasteiger partial charge in [-0.05, 0) is 70.5 Å². The van der Waals surface area contributed by atoms with E-state index in [-0.39, 0.29) is 6.04 Å². The molecule has 2 heterocycles. The van der Waals surface area contributed by atoms with Crippen molar-refractivity contribution in [3.05, 3.63) is 59.6 Å². The van der Waals surface area contributed by atoms with E-state index in [1.54, 1.807) is 6.20 Å². The predicted octanol–water partition coefficient (Wildman–Crippen LogP) is 4.50. The monoisotopic (exact) mass is 368 g/mol. The minimum absolute atomic E-state index is 0.217. The summed E-state index contributed by atoms with van der Waals surface area (Å²) in [6, 6.07) is 12.8. The molecule has 27 heavy (non-hydrogen) atoms. The standard InChI is InChI=1S/C20H24N2O2.C2H4O/c1-4-23-18-10-9-17(22-13-18)8-6-15-5-7-16-12-19(14(2)21-3)24-20(16)11-15;1-2-3/h5,7,9-14,21H,4,6,8H2,1-3H3;2H,1H3. The lowest BCUT2D eigenvalue weighted by Gasteiger charge is -2.05. The number of hydrogen-bond acceptors (Lipinski definition) is 5. The molecule has 5 nitrogen and oxygen atoms in total. The summed E-state index contributed by atoms with van der Waals surface area (Å²) < 4.78 is 11.4. The van der Waals surface area contributed by atoms with Gasteiger partial charge in [-0.15, -0.1) is 0 Å². The highest BCUT2D eigenvalue weighted by Crippen LogP contribution is 2.25. The van der Waals surface area contributed by atoms with Crippen LogP contribution in [0.2, 0.25) is 0 Å². The molecule has 3 aromatic rings. The average Bonchev–Trinajstić information content (AvgIpc) is 3.11. The number of hydrogen-bond donors (Lipinski definition) is 1. The first-order chi connectivity index (χ1) is 13.1. The van der Waals surface area contributed by atoms with Gasteiger partial charge in [0, 0.05) is 11.1 Å². The maximum atomic E-state index is 8.81. The lowest BCUT2D eigenvalue weighted by Crippen LogP contribution is -2.10. The van der Waals surface area contributed by atoms with E-state index in [2.05, 4.69) is 41.5 Å². The quantitative estimate of drug-likeness (QED) is 0.622. The Morgan fingerprint density at radius 3 is 2.63 bits per heavy atom. The molecule has 1 N–H and O–H groups in total. The van der Waals surface area contributed by atoms with Crippen LogP contribution < -0.4 is 10.1 Å². The summed E-state index contributed by atoms with van der Waals surface area (Å²) in [5.74, 6) is 1.79. The third-order valence-electron chi connectivity index (χ3n) is 4.24. The van der Waals surface area contributed by atoms with Crippen LogP contribution in [0, 0.1) is 0 Å². The lowest BCUT2D eigenvalue weighted by atomic mass is 10.1. The normalized spacial score (nSPS) is 11.6. The van der Waals surface area contributed by atoms with Gasteiger partial charge in [0.05, 0.1) is 18.8 Å². The molecule has 1 aromatic carbocycles. The second kappa shape index (κ2) is 10.5. The van der Waals surface area contributed by atoms with Crippen LogP contribution in [0.5, 0.6) is 5.75 Å². The summed E-state index contributed by atoms with van der Waals surface area (Å²) in [4.78, 5) is 13.3. The fourth-order valence-electron chi connectivity index (χ4n) is 2.69. The van der Waals surface area contributed by atoms with E-state index in [1.165, 1.54) is 12.5 Å². The van der Waals surface area contributed by atoms with Crippen molar-refractivity contribution in [3.63, 3.8) is 0 Å². The largest absolute Gasteiger partial charge is 0.492 e. The third kappa shape index (κ3) is 5.93. The number of carbonyl (C=O) groups is 1. The maximum Gasteiger partial charge on any atom is 0.137 e. The van der Waals surface area contributed by atoms with E-state index in [0.29, 0.717) is 6.61 Å². The number of nitrogens with one attached hydrogen (secondary N) is 1. The Balaban J connectivity index is 0.000000817. The Morgan fingerprint density at radius 1 is 1.22 bits per heavy atom. The fraction of sp³-hybridized carbons (Fsp3) is 0.364. The Hall–Kier alpha value is -2.66. The topological polar surface area (TPSA) is 64.4 Å². The molecule has 1 unspecified atom stereocenters. The molecule has 0 radical (unpaired) electrons. The number of benzene rings is 1. The van der Waals surface area contributed by atoms with Crippen LogP contribution in [0.1, 0.15) is 43.8 Å². The molecule has 0 aliphatic heterocycles. The van der Waals surface area contributed by atoms with Gasteiger partial charge in [0.1, 0.15) is 23.4 Å². The van der Waals surface area contributed by atoms with Crippen molar-refractivity contribution in [1.82, 2.24) is 10.3 Å². The van der Waals surface area contributed by atoms with Crippen molar-refractivity contribution in [2.75, 3.05) is 13.7 Å². The van der Waals surface area contributed by atoms with Gasteiger partial charge < -0.3 is 19.3 Å². The number of rotatable bonds is 7. The Kier molecular flexibility index (Phi) is 8.01. The molecule has 0 saturated carbocycles.